The lowest BCUT2D eigenvalue weighted by molar-refractivity contribution is -0.133. The Balaban J connectivity index is 2.96. The van der Waals surface area contributed by atoms with Crippen LogP contribution in [-0.2, 0) is 4.79 Å². The number of nitrogens with one attached hydrogen (secondary N) is 1. The third-order valence-corrected chi connectivity index (χ3v) is 4.15. The molecule has 1 N–H and O–H groups in total. The zero-order valence-electron chi connectivity index (χ0n) is 15.0. The fourth-order valence-corrected chi connectivity index (χ4v) is 3.33. The zero-order chi connectivity index (χ0) is 16.2. The predicted molar refractivity (Wildman–Crippen MR) is 89.1 cm³/mol. The van der Waals surface area contributed by atoms with Crippen LogP contribution in [0.1, 0.15) is 53.9 Å². The minimum atomic E-state index is 0.0132. The summed E-state index contributed by atoms with van der Waals surface area (Å²) in [6, 6.07) is 0.313. The van der Waals surface area contributed by atoms with E-state index in [0.717, 1.165) is 25.8 Å². The highest BCUT2D eigenvalue weighted by Crippen LogP contribution is 2.26. The quantitative estimate of drug-likeness (QED) is 0.748. The van der Waals surface area contributed by atoms with Gasteiger partial charge in [0, 0.05) is 12.6 Å². The van der Waals surface area contributed by atoms with Crippen LogP contribution < -0.4 is 5.32 Å². The smallest absolute Gasteiger partial charge is 0.241 e. The molecule has 124 valence electrons. The molecule has 21 heavy (non-hydrogen) atoms. The SMILES string of the molecule is CCCC1NC(C(C)C)N(C(CC(C)C)CN(C)C)C1=O. The summed E-state index contributed by atoms with van der Waals surface area (Å²) in [7, 11) is 4.18. The minimum Gasteiger partial charge on any atom is -0.321 e. The monoisotopic (exact) mass is 297 g/mol. The second kappa shape index (κ2) is 8.14. The average molecular weight is 297 g/mol. The van der Waals surface area contributed by atoms with E-state index in [1.54, 1.807) is 0 Å². The highest BCUT2D eigenvalue weighted by molar-refractivity contribution is 5.84. The number of hydrogen-bond acceptors (Lipinski definition) is 3. The van der Waals surface area contributed by atoms with Gasteiger partial charge in [0.1, 0.15) is 0 Å². The number of likely N-dealkylation sites (N-methyl/N-ethyl adjacent to an activating group) is 1. The molecule has 1 amide bonds. The molecular formula is C17H35N3O. The van der Waals surface area contributed by atoms with Crippen LogP contribution in [0.4, 0.5) is 0 Å². The lowest BCUT2D eigenvalue weighted by Crippen LogP contribution is -2.51. The summed E-state index contributed by atoms with van der Waals surface area (Å²) in [6.07, 6.45) is 3.23. The van der Waals surface area contributed by atoms with E-state index in [2.05, 4.69) is 63.8 Å². The normalized spacial score (nSPS) is 24.7. The van der Waals surface area contributed by atoms with Crippen LogP contribution in [0.15, 0.2) is 0 Å². The van der Waals surface area contributed by atoms with Crippen molar-refractivity contribution in [3.63, 3.8) is 0 Å². The Kier molecular flexibility index (Phi) is 7.14. The number of carbonyl (C=O) groups excluding carboxylic acids is 1. The van der Waals surface area contributed by atoms with Gasteiger partial charge < -0.3 is 9.80 Å². The van der Waals surface area contributed by atoms with E-state index >= 15 is 0 Å². The summed E-state index contributed by atoms with van der Waals surface area (Å²) in [6.45, 7) is 12.0. The Morgan fingerprint density at radius 2 is 1.86 bits per heavy atom. The maximum Gasteiger partial charge on any atom is 0.241 e. The summed E-state index contributed by atoms with van der Waals surface area (Å²) in [5.74, 6) is 1.34. The summed E-state index contributed by atoms with van der Waals surface area (Å²) in [5, 5.41) is 3.58. The molecule has 0 aliphatic carbocycles. The molecule has 1 aliphatic heterocycles. The number of carbonyl (C=O) groups is 1. The van der Waals surface area contributed by atoms with Crippen molar-refractivity contribution >= 4 is 5.91 Å². The maximum absolute atomic E-state index is 12.9. The van der Waals surface area contributed by atoms with Gasteiger partial charge in [0.2, 0.25) is 5.91 Å². The van der Waals surface area contributed by atoms with Crippen molar-refractivity contribution in [2.75, 3.05) is 20.6 Å². The molecule has 0 saturated carbocycles. The van der Waals surface area contributed by atoms with E-state index in [1.165, 1.54) is 0 Å². The van der Waals surface area contributed by atoms with Crippen LogP contribution in [0.25, 0.3) is 0 Å². The third-order valence-electron chi connectivity index (χ3n) is 4.15. The van der Waals surface area contributed by atoms with Crippen molar-refractivity contribution < 1.29 is 4.79 Å². The molecule has 1 heterocycles. The van der Waals surface area contributed by atoms with Gasteiger partial charge in [-0.2, -0.15) is 0 Å². The molecule has 3 atom stereocenters. The fraction of sp³-hybridized carbons (Fsp3) is 0.941. The number of hydrogen-bond donors (Lipinski definition) is 1. The molecular weight excluding hydrogens is 262 g/mol. The van der Waals surface area contributed by atoms with Crippen LogP contribution in [0.2, 0.25) is 0 Å². The summed E-state index contributed by atoms with van der Waals surface area (Å²) < 4.78 is 0. The molecule has 4 nitrogen and oxygen atoms in total. The second-order valence-corrected chi connectivity index (χ2v) is 7.49. The molecule has 0 aromatic heterocycles. The first kappa shape index (κ1) is 18.4. The van der Waals surface area contributed by atoms with Gasteiger partial charge in [-0.3, -0.25) is 10.1 Å². The average Bonchev–Trinajstić information content (AvgIpc) is 2.65. The van der Waals surface area contributed by atoms with Gasteiger partial charge in [-0.05, 0) is 38.8 Å². The van der Waals surface area contributed by atoms with Gasteiger partial charge in [-0.1, -0.05) is 41.0 Å². The van der Waals surface area contributed by atoms with Crippen molar-refractivity contribution in [2.24, 2.45) is 11.8 Å². The molecule has 0 aromatic rings. The topological polar surface area (TPSA) is 35.6 Å². The third kappa shape index (κ3) is 4.96. The molecule has 0 bridgehead atoms. The van der Waals surface area contributed by atoms with Crippen molar-refractivity contribution in [3.8, 4) is 0 Å². The number of nitrogens with zero attached hydrogens (tertiary/aromatic N) is 2. The Bertz CT molecular complexity index is 318. The zero-order valence-corrected chi connectivity index (χ0v) is 15.0. The summed E-state index contributed by atoms with van der Waals surface area (Å²) in [4.78, 5) is 17.2. The van der Waals surface area contributed by atoms with E-state index in [0.29, 0.717) is 23.8 Å². The van der Waals surface area contributed by atoms with Gasteiger partial charge in [0.05, 0.1) is 12.2 Å². The summed E-state index contributed by atoms with van der Waals surface area (Å²) >= 11 is 0. The van der Waals surface area contributed by atoms with Gasteiger partial charge >= 0.3 is 0 Å². The highest BCUT2D eigenvalue weighted by atomic mass is 16.2. The van der Waals surface area contributed by atoms with Crippen molar-refractivity contribution in [3.05, 3.63) is 0 Å². The standard InChI is InChI=1S/C17H35N3O/c1-8-9-15-17(21)20(16(18-15)13(4)5)14(10-12(2)3)11-19(6)7/h12-16,18H,8-11H2,1-7H3. The van der Waals surface area contributed by atoms with E-state index in [9.17, 15) is 4.79 Å². The molecule has 3 unspecified atom stereocenters. The second-order valence-electron chi connectivity index (χ2n) is 7.49. The van der Waals surface area contributed by atoms with Crippen molar-refractivity contribution in [2.45, 2.75) is 72.1 Å². The Morgan fingerprint density at radius 3 is 2.29 bits per heavy atom. The van der Waals surface area contributed by atoms with Gasteiger partial charge in [0.25, 0.3) is 0 Å². The molecule has 0 aromatic carbocycles. The Hall–Kier alpha value is -0.610. The van der Waals surface area contributed by atoms with E-state index in [1.807, 2.05) is 0 Å². The maximum atomic E-state index is 12.9. The Morgan fingerprint density at radius 1 is 1.24 bits per heavy atom. The molecule has 1 saturated heterocycles. The van der Waals surface area contributed by atoms with Crippen LogP contribution >= 0.6 is 0 Å². The first-order chi connectivity index (χ1) is 9.77. The highest BCUT2D eigenvalue weighted by Gasteiger charge is 2.43. The number of rotatable bonds is 8. The minimum absolute atomic E-state index is 0.0132. The lowest BCUT2D eigenvalue weighted by Gasteiger charge is -2.37. The first-order valence-corrected chi connectivity index (χ1v) is 8.50. The van der Waals surface area contributed by atoms with Gasteiger partial charge in [-0.25, -0.2) is 0 Å². The molecule has 0 spiro atoms. The van der Waals surface area contributed by atoms with Crippen LogP contribution in [0.5, 0.6) is 0 Å². The summed E-state index contributed by atoms with van der Waals surface area (Å²) in [5.41, 5.74) is 0. The fourth-order valence-electron chi connectivity index (χ4n) is 3.33. The van der Waals surface area contributed by atoms with Crippen LogP contribution in [0.3, 0.4) is 0 Å². The van der Waals surface area contributed by atoms with Gasteiger partial charge in [0.15, 0.2) is 0 Å². The lowest BCUT2D eigenvalue weighted by atomic mass is 9.99. The van der Waals surface area contributed by atoms with E-state index in [4.69, 9.17) is 0 Å². The first-order valence-electron chi connectivity index (χ1n) is 8.50. The van der Waals surface area contributed by atoms with Crippen LogP contribution in [0, 0.1) is 11.8 Å². The molecule has 4 heteroatoms. The molecule has 1 aliphatic rings. The van der Waals surface area contributed by atoms with Crippen LogP contribution in [-0.4, -0.2) is 54.6 Å². The number of amides is 1. The Labute approximate surface area is 131 Å². The van der Waals surface area contributed by atoms with Gasteiger partial charge in [-0.15, -0.1) is 0 Å². The molecule has 1 fully saturated rings. The van der Waals surface area contributed by atoms with E-state index in [-0.39, 0.29) is 12.2 Å². The molecule has 1 rings (SSSR count). The predicted octanol–water partition coefficient (Wildman–Crippen LogP) is 2.55. The molecule has 0 radical (unpaired) electrons. The van der Waals surface area contributed by atoms with Crippen molar-refractivity contribution in [1.29, 1.82) is 0 Å². The van der Waals surface area contributed by atoms with Crippen molar-refractivity contribution in [1.82, 2.24) is 15.1 Å². The van der Waals surface area contributed by atoms with E-state index < -0.39 is 0 Å². The largest absolute Gasteiger partial charge is 0.321 e.